The van der Waals surface area contributed by atoms with E-state index in [2.05, 4.69) is 5.10 Å². The number of hydrogen-bond donors (Lipinski definition) is 1. The molecule has 0 radical (unpaired) electrons. The van der Waals surface area contributed by atoms with Crippen molar-refractivity contribution >= 4 is 12.0 Å². The van der Waals surface area contributed by atoms with Crippen molar-refractivity contribution in [3.63, 3.8) is 0 Å². The number of benzene rings is 1. The van der Waals surface area contributed by atoms with E-state index in [1.807, 2.05) is 36.5 Å². The topological polar surface area (TPSA) is 60.9 Å². The number of carbonyl (C=O) groups excluding carboxylic acids is 1. The molecule has 1 heterocycles. The maximum absolute atomic E-state index is 10.5. The Morgan fingerprint density at radius 3 is 2.62 bits per heavy atom. The molecule has 0 fully saturated rings. The summed E-state index contributed by atoms with van der Waals surface area (Å²) < 4.78 is 1.77. The normalized spacial score (nSPS) is 10.8. The Balaban J connectivity index is 2.20. The Morgan fingerprint density at radius 2 is 2.06 bits per heavy atom. The number of carbonyl (C=O) groups is 1. The van der Waals surface area contributed by atoms with Crippen LogP contribution < -0.4 is 5.73 Å². The summed E-state index contributed by atoms with van der Waals surface area (Å²) in [4.78, 5) is 10.5. The Labute approximate surface area is 93.0 Å². The lowest BCUT2D eigenvalue weighted by Gasteiger charge is -2.00. The zero-order valence-corrected chi connectivity index (χ0v) is 8.58. The van der Waals surface area contributed by atoms with Gasteiger partial charge in [0, 0.05) is 18.5 Å². The summed E-state index contributed by atoms with van der Waals surface area (Å²) in [6.07, 6.45) is 6.60. The number of rotatable bonds is 3. The Kier molecular flexibility index (Phi) is 2.82. The number of amides is 1. The van der Waals surface area contributed by atoms with E-state index in [1.54, 1.807) is 17.0 Å². The quantitative estimate of drug-likeness (QED) is 0.783. The first-order valence-electron chi connectivity index (χ1n) is 4.83. The SMILES string of the molecule is NC(=O)/C=C\c1ccc(-n2cccn2)cc1. The van der Waals surface area contributed by atoms with Crippen molar-refractivity contribution in [3.8, 4) is 5.69 Å². The molecule has 1 aromatic heterocycles. The highest BCUT2D eigenvalue weighted by Gasteiger charge is 1.95. The van der Waals surface area contributed by atoms with Gasteiger partial charge in [0.2, 0.25) is 5.91 Å². The molecule has 0 unspecified atom stereocenters. The Bertz CT molecular complexity index is 498. The number of aromatic nitrogens is 2. The zero-order valence-electron chi connectivity index (χ0n) is 8.58. The zero-order chi connectivity index (χ0) is 11.4. The van der Waals surface area contributed by atoms with Crippen LogP contribution in [-0.4, -0.2) is 15.7 Å². The highest BCUT2D eigenvalue weighted by molar-refractivity contribution is 5.90. The van der Waals surface area contributed by atoms with E-state index in [1.165, 1.54) is 6.08 Å². The predicted molar refractivity (Wildman–Crippen MR) is 61.8 cm³/mol. The van der Waals surface area contributed by atoms with Gasteiger partial charge in [-0.2, -0.15) is 5.10 Å². The van der Waals surface area contributed by atoms with Gasteiger partial charge < -0.3 is 5.73 Å². The van der Waals surface area contributed by atoms with Crippen LogP contribution in [0.5, 0.6) is 0 Å². The monoisotopic (exact) mass is 213 g/mol. The van der Waals surface area contributed by atoms with Crippen LogP contribution in [0.2, 0.25) is 0 Å². The molecule has 0 saturated carbocycles. The molecule has 1 amide bonds. The molecule has 4 heteroatoms. The van der Waals surface area contributed by atoms with E-state index in [0.717, 1.165) is 11.3 Å². The van der Waals surface area contributed by atoms with Crippen LogP contribution in [0.25, 0.3) is 11.8 Å². The minimum Gasteiger partial charge on any atom is -0.366 e. The van der Waals surface area contributed by atoms with Gasteiger partial charge in [-0.05, 0) is 29.8 Å². The largest absolute Gasteiger partial charge is 0.366 e. The van der Waals surface area contributed by atoms with Crippen LogP contribution in [0.3, 0.4) is 0 Å². The van der Waals surface area contributed by atoms with Crippen molar-refractivity contribution in [1.82, 2.24) is 9.78 Å². The molecule has 0 aliphatic carbocycles. The molecule has 16 heavy (non-hydrogen) atoms. The first-order valence-corrected chi connectivity index (χ1v) is 4.83. The molecular formula is C12H11N3O. The number of nitrogens with zero attached hydrogens (tertiary/aromatic N) is 2. The van der Waals surface area contributed by atoms with Crippen LogP contribution >= 0.6 is 0 Å². The van der Waals surface area contributed by atoms with Crippen LogP contribution in [0.15, 0.2) is 48.8 Å². The van der Waals surface area contributed by atoms with E-state index in [-0.39, 0.29) is 0 Å². The van der Waals surface area contributed by atoms with Crippen molar-refractivity contribution in [2.75, 3.05) is 0 Å². The van der Waals surface area contributed by atoms with Crippen LogP contribution in [-0.2, 0) is 4.79 Å². The number of hydrogen-bond acceptors (Lipinski definition) is 2. The fraction of sp³-hybridized carbons (Fsp3) is 0. The van der Waals surface area contributed by atoms with Gasteiger partial charge >= 0.3 is 0 Å². The average Bonchev–Trinajstić information content (AvgIpc) is 2.80. The highest BCUT2D eigenvalue weighted by Crippen LogP contribution is 2.09. The average molecular weight is 213 g/mol. The molecule has 0 aliphatic rings. The van der Waals surface area contributed by atoms with E-state index in [0.29, 0.717) is 0 Å². The van der Waals surface area contributed by atoms with Gasteiger partial charge in [-0.3, -0.25) is 4.79 Å². The first kappa shape index (κ1) is 10.2. The molecule has 0 bridgehead atoms. The molecule has 0 spiro atoms. The molecule has 2 rings (SSSR count). The van der Waals surface area contributed by atoms with E-state index >= 15 is 0 Å². The van der Waals surface area contributed by atoms with Gasteiger partial charge in [0.1, 0.15) is 0 Å². The van der Waals surface area contributed by atoms with E-state index in [9.17, 15) is 4.79 Å². The maximum atomic E-state index is 10.5. The second-order valence-electron chi connectivity index (χ2n) is 3.28. The summed E-state index contributed by atoms with van der Waals surface area (Å²) in [7, 11) is 0. The Hall–Kier alpha value is -2.36. The van der Waals surface area contributed by atoms with Gasteiger partial charge in [0.05, 0.1) is 5.69 Å². The third kappa shape index (κ3) is 2.36. The standard InChI is InChI=1S/C12H11N3O/c13-12(16)7-4-10-2-5-11(6-3-10)15-9-1-8-14-15/h1-9H,(H2,13,16)/b7-4-. The molecule has 0 atom stereocenters. The first-order chi connectivity index (χ1) is 7.75. The maximum Gasteiger partial charge on any atom is 0.241 e. The van der Waals surface area contributed by atoms with Gasteiger partial charge in [0.15, 0.2) is 0 Å². The van der Waals surface area contributed by atoms with Crippen LogP contribution in [0.4, 0.5) is 0 Å². The minimum absolute atomic E-state index is 0.448. The van der Waals surface area contributed by atoms with Gasteiger partial charge in [-0.25, -0.2) is 4.68 Å². The lowest BCUT2D eigenvalue weighted by Crippen LogP contribution is -2.05. The molecule has 80 valence electrons. The number of nitrogens with two attached hydrogens (primary N) is 1. The van der Waals surface area contributed by atoms with Gasteiger partial charge in [-0.15, -0.1) is 0 Å². The third-order valence-electron chi connectivity index (χ3n) is 2.10. The predicted octanol–water partition coefficient (Wildman–Crippen LogP) is 1.37. The second kappa shape index (κ2) is 4.44. The van der Waals surface area contributed by atoms with Crippen LogP contribution in [0, 0.1) is 0 Å². The smallest absolute Gasteiger partial charge is 0.241 e. The van der Waals surface area contributed by atoms with Crippen molar-refractivity contribution in [2.24, 2.45) is 5.73 Å². The molecular weight excluding hydrogens is 202 g/mol. The summed E-state index contributed by atoms with van der Waals surface area (Å²) >= 11 is 0. The van der Waals surface area contributed by atoms with Crippen molar-refractivity contribution < 1.29 is 4.79 Å². The molecule has 2 N–H and O–H groups in total. The Morgan fingerprint density at radius 1 is 1.31 bits per heavy atom. The lowest BCUT2D eigenvalue weighted by atomic mass is 10.2. The van der Waals surface area contributed by atoms with Crippen molar-refractivity contribution in [3.05, 3.63) is 54.4 Å². The summed E-state index contributed by atoms with van der Waals surface area (Å²) in [5.41, 5.74) is 6.91. The highest BCUT2D eigenvalue weighted by atomic mass is 16.1. The lowest BCUT2D eigenvalue weighted by molar-refractivity contribution is -0.113. The summed E-state index contributed by atoms with van der Waals surface area (Å²) in [6, 6.07) is 9.51. The summed E-state index contributed by atoms with van der Waals surface area (Å²) in [5.74, 6) is -0.448. The van der Waals surface area contributed by atoms with Gasteiger partial charge in [0.25, 0.3) is 0 Å². The van der Waals surface area contributed by atoms with Crippen molar-refractivity contribution in [1.29, 1.82) is 0 Å². The molecule has 4 nitrogen and oxygen atoms in total. The van der Waals surface area contributed by atoms with Crippen LogP contribution in [0.1, 0.15) is 5.56 Å². The van der Waals surface area contributed by atoms with Gasteiger partial charge in [-0.1, -0.05) is 12.1 Å². The second-order valence-corrected chi connectivity index (χ2v) is 3.28. The summed E-state index contributed by atoms with van der Waals surface area (Å²) in [5, 5.41) is 4.11. The molecule has 2 aromatic rings. The fourth-order valence-corrected chi connectivity index (χ4v) is 1.34. The third-order valence-corrected chi connectivity index (χ3v) is 2.10. The fourth-order valence-electron chi connectivity index (χ4n) is 1.34. The van der Waals surface area contributed by atoms with Crippen molar-refractivity contribution in [2.45, 2.75) is 0 Å². The molecule has 0 saturated heterocycles. The van der Waals surface area contributed by atoms with E-state index < -0.39 is 5.91 Å². The molecule has 0 aliphatic heterocycles. The summed E-state index contributed by atoms with van der Waals surface area (Å²) in [6.45, 7) is 0. The minimum atomic E-state index is -0.448. The molecule has 1 aromatic carbocycles. The van der Waals surface area contributed by atoms with E-state index in [4.69, 9.17) is 5.73 Å². The number of primary amides is 1.